The maximum absolute atomic E-state index is 12.0. The Labute approximate surface area is 135 Å². The highest BCUT2D eigenvalue weighted by Gasteiger charge is 2.10. The molecule has 2 rings (SSSR count). The Morgan fingerprint density at radius 2 is 1.87 bits per heavy atom. The predicted molar refractivity (Wildman–Crippen MR) is 89.8 cm³/mol. The van der Waals surface area contributed by atoms with Crippen LogP contribution in [0.5, 0.6) is 0 Å². The Morgan fingerprint density at radius 3 is 2.57 bits per heavy atom. The van der Waals surface area contributed by atoms with E-state index in [9.17, 15) is 14.9 Å². The molecule has 0 atom stereocenters. The number of benzene rings is 2. The van der Waals surface area contributed by atoms with Crippen molar-refractivity contribution in [3.63, 3.8) is 0 Å². The summed E-state index contributed by atoms with van der Waals surface area (Å²) in [6, 6.07) is 14.2. The third-order valence-electron chi connectivity index (χ3n) is 3.62. The van der Waals surface area contributed by atoms with Crippen molar-refractivity contribution in [2.75, 3.05) is 13.1 Å². The van der Waals surface area contributed by atoms with Crippen molar-refractivity contribution >= 4 is 11.5 Å². The van der Waals surface area contributed by atoms with E-state index in [4.69, 9.17) is 0 Å². The standard InChI is InChI=1S/C18H20N2O3/c1-14-5-7-15(8-6-14)9-11-19-12-10-18(21)16-3-2-4-17(13-16)20(22)23/h2-8,13,19H,9-12H2,1H3. The van der Waals surface area contributed by atoms with Crippen LogP contribution >= 0.6 is 0 Å². The largest absolute Gasteiger partial charge is 0.316 e. The van der Waals surface area contributed by atoms with E-state index in [2.05, 4.69) is 36.5 Å². The van der Waals surface area contributed by atoms with Crippen LogP contribution in [0.1, 0.15) is 27.9 Å². The van der Waals surface area contributed by atoms with E-state index < -0.39 is 4.92 Å². The molecule has 2 aromatic rings. The zero-order chi connectivity index (χ0) is 16.7. The SMILES string of the molecule is Cc1ccc(CCNCCC(=O)c2cccc([N+](=O)[O-])c2)cc1. The van der Waals surface area contributed by atoms with E-state index in [-0.39, 0.29) is 11.5 Å². The van der Waals surface area contributed by atoms with Crippen molar-refractivity contribution in [1.82, 2.24) is 5.32 Å². The molecule has 0 unspecified atom stereocenters. The Morgan fingerprint density at radius 1 is 1.13 bits per heavy atom. The fourth-order valence-corrected chi connectivity index (χ4v) is 2.25. The predicted octanol–water partition coefficient (Wildman–Crippen LogP) is 3.31. The number of ketones is 1. The second kappa shape index (κ2) is 8.19. The average Bonchev–Trinajstić information content (AvgIpc) is 2.56. The molecule has 120 valence electrons. The summed E-state index contributed by atoms with van der Waals surface area (Å²) in [5, 5.41) is 13.9. The smallest absolute Gasteiger partial charge is 0.270 e. The summed E-state index contributed by atoms with van der Waals surface area (Å²) in [7, 11) is 0. The second-order valence-corrected chi connectivity index (χ2v) is 5.47. The number of nitrogens with one attached hydrogen (secondary N) is 1. The quantitative estimate of drug-likeness (QED) is 0.351. The highest BCUT2D eigenvalue weighted by Crippen LogP contribution is 2.14. The zero-order valence-electron chi connectivity index (χ0n) is 13.1. The fourth-order valence-electron chi connectivity index (χ4n) is 2.25. The highest BCUT2D eigenvalue weighted by molar-refractivity contribution is 5.96. The van der Waals surface area contributed by atoms with E-state index in [1.807, 2.05) is 0 Å². The van der Waals surface area contributed by atoms with Crippen LogP contribution in [0.3, 0.4) is 0 Å². The minimum absolute atomic E-state index is 0.0526. The Kier molecular flexibility index (Phi) is 6.00. The van der Waals surface area contributed by atoms with Crippen LogP contribution in [0.15, 0.2) is 48.5 Å². The summed E-state index contributed by atoms with van der Waals surface area (Å²) in [6.07, 6.45) is 1.24. The van der Waals surface area contributed by atoms with Crippen LogP contribution in [0.25, 0.3) is 0 Å². The number of nitrogens with zero attached hydrogens (tertiary/aromatic N) is 1. The van der Waals surface area contributed by atoms with Gasteiger partial charge in [-0.1, -0.05) is 42.0 Å². The third kappa shape index (κ3) is 5.30. The number of hydrogen-bond donors (Lipinski definition) is 1. The van der Waals surface area contributed by atoms with Gasteiger partial charge in [-0.05, 0) is 25.5 Å². The van der Waals surface area contributed by atoms with E-state index in [0.29, 0.717) is 18.5 Å². The Hall–Kier alpha value is -2.53. The summed E-state index contributed by atoms with van der Waals surface area (Å²) in [5.74, 6) is -0.0865. The molecule has 0 radical (unpaired) electrons. The molecule has 0 aliphatic heterocycles. The van der Waals surface area contributed by atoms with Crippen molar-refractivity contribution in [3.8, 4) is 0 Å². The molecule has 5 nitrogen and oxygen atoms in total. The molecule has 0 bridgehead atoms. The van der Waals surface area contributed by atoms with Gasteiger partial charge in [0.1, 0.15) is 0 Å². The summed E-state index contributed by atoms with van der Waals surface area (Å²) >= 11 is 0. The Bertz CT molecular complexity index is 681. The number of non-ortho nitro benzene ring substituents is 1. The number of hydrogen-bond acceptors (Lipinski definition) is 4. The van der Waals surface area contributed by atoms with Crippen LogP contribution in [-0.4, -0.2) is 23.8 Å². The van der Waals surface area contributed by atoms with Crippen LogP contribution in [-0.2, 0) is 6.42 Å². The van der Waals surface area contributed by atoms with Crippen molar-refractivity contribution in [2.24, 2.45) is 0 Å². The van der Waals surface area contributed by atoms with Crippen LogP contribution in [0, 0.1) is 17.0 Å². The van der Waals surface area contributed by atoms with Gasteiger partial charge in [0.2, 0.25) is 0 Å². The van der Waals surface area contributed by atoms with Gasteiger partial charge < -0.3 is 5.32 Å². The molecule has 0 aromatic heterocycles. The lowest BCUT2D eigenvalue weighted by Crippen LogP contribution is -2.21. The van der Waals surface area contributed by atoms with E-state index in [1.54, 1.807) is 6.07 Å². The van der Waals surface area contributed by atoms with Gasteiger partial charge in [0.05, 0.1) is 4.92 Å². The fraction of sp³-hybridized carbons (Fsp3) is 0.278. The van der Waals surface area contributed by atoms with Crippen LogP contribution in [0.4, 0.5) is 5.69 Å². The molecule has 0 aliphatic carbocycles. The monoisotopic (exact) mass is 312 g/mol. The summed E-state index contributed by atoms with van der Waals surface area (Å²) in [6.45, 7) is 3.42. The molecule has 0 spiro atoms. The van der Waals surface area contributed by atoms with Crippen molar-refractivity contribution < 1.29 is 9.72 Å². The van der Waals surface area contributed by atoms with Crippen molar-refractivity contribution in [1.29, 1.82) is 0 Å². The first-order valence-corrected chi connectivity index (χ1v) is 7.60. The Balaban J connectivity index is 1.73. The number of nitro groups is 1. The molecule has 5 heteroatoms. The molecular formula is C18H20N2O3. The molecule has 0 saturated carbocycles. The van der Waals surface area contributed by atoms with Crippen LogP contribution in [0.2, 0.25) is 0 Å². The first-order chi connectivity index (χ1) is 11.1. The van der Waals surface area contributed by atoms with Gasteiger partial charge in [0.25, 0.3) is 5.69 Å². The van der Waals surface area contributed by atoms with Gasteiger partial charge in [-0.3, -0.25) is 14.9 Å². The van der Waals surface area contributed by atoms with Gasteiger partial charge in [-0.2, -0.15) is 0 Å². The molecule has 23 heavy (non-hydrogen) atoms. The van der Waals surface area contributed by atoms with Crippen molar-refractivity contribution in [2.45, 2.75) is 19.8 Å². The number of Topliss-reactive ketones (excluding diaryl/α,β-unsaturated/α-hetero) is 1. The lowest BCUT2D eigenvalue weighted by atomic mass is 10.1. The summed E-state index contributed by atoms with van der Waals surface area (Å²) in [4.78, 5) is 22.3. The number of aryl methyl sites for hydroxylation is 1. The van der Waals surface area contributed by atoms with Gasteiger partial charge in [-0.15, -0.1) is 0 Å². The van der Waals surface area contributed by atoms with Gasteiger partial charge in [-0.25, -0.2) is 0 Å². The van der Waals surface area contributed by atoms with E-state index in [1.165, 1.54) is 29.3 Å². The molecule has 2 aromatic carbocycles. The summed E-state index contributed by atoms with van der Waals surface area (Å²) in [5.41, 5.74) is 2.83. The number of carbonyl (C=O) groups excluding carboxylic acids is 1. The molecular weight excluding hydrogens is 292 g/mol. The van der Waals surface area contributed by atoms with Gasteiger partial charge in [0.15, 0.2) is 5.78 Å². The molecule has 0 heterocycles. The highest BCUT2D eigenvalue weighted by atomic mass is 16.6. The van der Waals surface area contributed by atoms with E-state index in [0.717, 1.165) is 13.0 Å². The van der Waals surface area contributed by atoms with Crippen molar-refractivity contribution in [3.05, 3.63) is 75.3 Å². The van der Waals surface area contributed by atoms with Gasteiger partial charge in [0, 0.05) is 30.7 Å². The third-order valence-corrected chi connectivity index (χ3v) is 3.62. The second-order valence-electron chi connectivity index (χ2n) is 5.47. The topological polar surface area (TPSA) is 72.2 Å². The molecule has 1 N–H and O–H groups in total. The number of carbonyl (C=O) groups is 1. The minimum atomic E-state index is -0.489. The number of rotatable bonds is 8. The molecule has 0 saturated heterocycles. The molecule has 0 aliphatic rings. The van der Waals surface area contributed by atoms with Crippen LogP contribution < -0.4 is 5.32 Å². The maximum atomic E-state index is 12.0. The summed E-state index contributed by atoms with van der Waals surface area (Å²) < 4.78 is 0. The first-order valence-electron chi connectivity index (χ1n) is 7.60. The normalized spacial score (nSPS) is 10.5. The first kappa shape index (κ1) is 16.8. The lowest BCUT2D eigenvalue weighted by Gasteiger charge is -2.05. The maximum Gasteiger partial charge on any atom is 0.270 e. The van der Waals surface area contributed by atoms with E-state index >= 15 is 0 Å². The minimum Gasteiger partial charge on any atom is -0.316 e. The average molecular weight is 312 g/mol. The molecule has 0 fully saturated rings. The van der Waals surface area contributed by atoms with Gasteiger partial charge >= 0.3 is 0 Å². The number of nitro benzene ring substituents is 1. The lowest BCUT2D eigenvalue weighted by molar-refractivity contribution is -0.384. The molecule has 0 amide bonds. The zero-order valence-corrected chi connectivity index (χ0v) is 13.1.